The van der Waals surface area contributed by atoms with Crippen molar-refractivity contribution in [2.24, 2.45) is 17.8 Å². The highest BCUT2D eigenvalue weighted by atomic mass is 16.2. The van der Waals surface area contributed by atoms with Crippen molar-refractivity contribution in [3.8, 4) is 0 Å². The van der Waals surface area contributed by atoms with Crippen LogP contribution in [-0.4, -0.2) is 35.1 Å². The van der Waals surface area contributed by atoms with Crippen molar-refractivity contribution < 1.29 is 4.79 Å². The summed E-state index contributed by atoms with van der Waals surface area (Å²) in [7, 11) is 0. The van der Waals surface area contributed by atoms with Crippen molar-refractivity contribution in [3.05, 3.63) is 0 Å². The Balaban J connectivity index is 2.21. The van der Waals surface area contributed by atoms with E-state index in [1.165, 1.54) is 0 Å². The largest absolute Gasteiger partial charge is 0.273 e. The maximum absolute atomic E-state index is 12.7. The van der Waals surface area contributed by atoms with E-state index in [0.29, 0.717) is 23.8 Å². The van der Waals surface area contributed by atoms with Crippen molar-refractivity contribution in [2.45, 2.75) is 53.0 Å². The molecule has 2 aliphatic rings. The summed E-state index contributed by atoms with van der Waals surface area (Å²) < 4.78 is 0. The van der Waals surface area contributed by atoms with E-state index in [1.807, 2.05) is 0 Å². The van der Waals surface area contributed by atoms with Gasteiger partial charge in [0.05, 0.1) is 6.04 Å². The van der Waals surface area contributed by atoms with Gasteiger partial charge in [-0.15, -0.1) is 0 Å². The minimum absolute atomic E-state index is 0.236. The number of carbonyl (C=O) groups excluding carboxylic acids is 1. The van der Waals surface area contributed by atoms with Crippen LogP contribution in [-0.2, 0) is 4.79 Å². The predicted octanol–water partition coefficient (Wildman–Crippen LogP) is 2.53. The zero-order valence-corrected chi connectivity index (χ0v) is 11.6. The molecule has 0 bridgehead atoms. The fourth-order valence-electron chi connectivity index (χ4n) is 3.26. The summed E-state index contributed by atoms with van der Waals surface area (Å²) in [5.74, 6) is 1.65. The molecule has 0 unspecified atom stereocenters. The molecule has 1 amide bonds. The quantitative estimate of drug-likeness (QED) is 0.738. The number of hydrogen-bond acceptors (Lipinski definition) is 2. The monoisotopic (exact) mass is 238 g/mol. The molecule has 98 valence electrons. The highest BCUT2D eigenvalue weighted by Gasteiger charge is 2.41. The molecule has 0 spiro atoms. The number of carbonyl (C=O) groups is 1. The van der Waals surface area contributed by atoms with Crippen LogP contribution in [0.2, 0.25) is 0 Å². The van der Waals surface area contributed by atoms with Crippen LogP contribution < -0.4 is 0 Å². The second-order valence-electron chi connectivity index (χ2n) is 6.23. The van der Waals surface area contributed by atoms with Crippen molar-refractivity contribution in [2.75, 3.05) is 13.1 Å². The van der Waals surface area contributed by atoms with Crippen molar-refractivity contribution >= 4 is 5.91 Å². The highest BCUT2D eigenvalue weighted by molar-refractivity contribution is 5.79. The van der Waals surface area contributed by atoms with E-state index < -0.39 is 0 Å². The molecule has 2 atom stereocenters. The summed E-state index contributed by atoms with van der Waals surface area (Å²) in [6.07, 6.45) is 3.37. The van der Waals surface area contributed by atoms with E-state index >= 15 is 0 Å². The summed E-state index contributed by atoms with van der Waals surface area (Å²) in [4.78, 5) is 12.7. The van der Waals surface area contributed by atoms with Gasteiger partial charge in [-0.25, -0.2) is 5.01 Å². The number of hydrogen-bond donors (Lipinski definition) is 0. The Hall–Kier alpha value is -0.570. The van der Waals surface area contributed by atoms with E-state index in [4.69, 9.17) is 0 Å². The molecule has 2 saturated heterocycles. The Labute approximate surface area is 105 Å². The van der Waals surface area contributed by atoms with Crippen molar-refractivity contribution in [3.63, 3.8) is 0 Å². The van der Waals surface area contributed by atoms with Gasteiger partial charge in [0.15, 0.2) is 0 Å². The molecule has 2 fully saturated rings. The average molecular weight is 238 g/mol. The van der Waals surface area contributed by atoms with Gasteiger partial charge in [0, 0.05) is 19.0 Å². The number of rotatable bonds is 2. The summed E-state index contributed by atoms with van der Waals surface area (Å²) in [6, 6.07) is 0.432. The molecule has 0 aliphatic carbocycles. The van der Waals surface area contributed by atoms with Crippen LogP contribution in [0.1, 0.15) is 47.0 Å². The Kier molecular flexibility index (Phi) is 3.76. The maximum Gasteiger partial charge on any atom is 0.240 e. The third-order valence-corrected chi connectivity index (χ3v) is 4.35. The van der Waals surface area contributed by atoms with E-state index in [1.54, 1.807) is 0 Å². The lowest BCUT2D eigenvalue weighted by molar-refractivity contribution is -0.152. The molecule has 0 aromatic heterocycles. The minimum atomic E-state index is 0.236. The van der Waals surface area contributed by atoms with Crippen LogP contribution in [0, 0.1) is 17.8 Å². The molecule has 0 radical (unpaired) electrons. The number of nitrogens with zero attached hydrogens (tertiary/aromatic N) is 2. The van der Waals surface area contributed by atoms with E-state index in [-0.39, 0.29) is 5.92 Å². The topological polar surface area (TPSA) is 23.6 Å². The lowest BCUT2D eigenvalue weighted by atomic mass is 9.89. The first kappa shape index (κ1) is 12.9. The van der Waals surface area contributed by atoms with Gasteiger partial charge in [-0.05, 0) is 31.1 Å². The minimum Gasteiger partial charge on any atom is -0.273 e. The normalized spacial score (nSPS) is 31.2. The van der Waals surface area contributed by atoms with Gasteiger partial charge >= 0.3 is 0 Å². The third kappa shape index (κ3) is 2.35. The lowest BCUT2D eigenvalue weighted by Crippen LogP contribution is -2.48. The van der Waals surface area contributed by atoms with Gasteiger partial charge in [0.25, 0.3) is 0 Å². The van der Waals surface area contributed by atoms with Crippen molar-refractivity contribution in [1.29, 1.82) is 0 Å². The van der Waals surface area contributed by atoms with E-state index in [0.717, 1.165) is 32.4 Å². The molecule has 3 nitrogen and oxygen atoms in total. The molecule has 2 heterocycles. The molecule has 0 saturated carbocycles. The Morgan fingerprint density at radius 1 is 1.06 bits per heavy atom. The van der Waals surface area contributed by atoms with Crippen LogP contribution >= 0.6 is 0 Å². The Morgan fingerprint density at radius 2 is 1.76 bits per heavy atom. The smallest absolute Gasteiger partial charge is 0.240 e. The highest BCUT2D eigenvalue weighted by Crippen LogP contribution is 2.32. The maximum atomic E-state index is 12.7. The van der Waals surface area contributed by atoms with Gasteiger partial charge in [0.1, 0.15) is 0 Å². The Bertz CT molecular complexity index is 288. The van der Waals surface area contributed by atoms with E-state index in [2.05, 4.69) is 37.7 Å². The van der Waals surface area contributed by atoms with Crippen molar-refractivity contribution in [1.82, 2.24) is 10.0 Å². The summed E-state index contributed by atoms with van der Waals surface area (Å²) in [6.45, 7) is 11.0. The number of fused-ring (bicyclic) bond motifs is 1. The molecule has 0 aromatic rings. The van der Waals surface area contributed by atoms with Gasteiger partial charge in [0.2, 0.25) is 5.91 Å². The number of amides is 1. The molecular formula is C14H26N2O. The number of hydrazine groups is 1. The molecule has 0 N–H and O–H groups in total. The fourth-order valence-corrected chi connectivity index (χ4v) is 3.26. The molecule has 17 heavy (non-hydrogen) atoms. The standard InChI is InChI=1S/C14H26N2O/c1-10(2)12-6-5-8-15-9-7-13(11(3)4)16(15)14(12)17/h10-13H,5-9H2,1-4H3/t12-,13+/m1/s1. The van der Waals surface area contributed by atoms with Gasteiger partial charge < -0.3 is 0 Å². The van der Waals surface area contributed by atoms with Crippen LogP contribution in [0.15, 0.2) is 0 Å². The first-order valence-electron chi connectivity index (χ1n) is 7.10. The zero-order chi connectivity index (χ0) is 12.6. The molecule has 2 rings (SSSR count). The zero-order valence-electron chi connectivity index (χ0n) is 11.6. The predicted molar refractivity (Wildman–Crippen MR) is 69.2 cm³/mol. The van der Waals surface area contributed by atoms with Gasteiger partial charge in [-0.2, -0.15) is 0 Å². The van der Waals surface area contributed by atoms with Gasteiger partial charge in [-0.1, -0.05) is 27.7 Å². The SMILES string of the molecule is CC(C)[C@H]1CCCN2CC[C@@H](C(C)C)N2C1=O. The molecule has 0 aromatic carbocycles. The summed E-state index contributed by atoms with van der Waals surface area (Å²) in [5, 5.41) is 4.41. The fraction of sp³-hybridized carbons (Fsp3) is 0.929. The lowest BCUT2D eigenvalue weighted by Gasteiger charge is -2.34. The van der Waals surface area contributed by atoms with Crippen LogP contribution in [0.4, 0.5) is 0 Å². The Morgan fingerprint density at radius 3 is 2.35 bits per heavy atom. The van der Waals surface area contributed by atoms with Crippen LogP contribution in [0.5, 0.6) is 0 Å². The summed E-state index contributed by atoms with van der Waals surface area (Å²) in [5.41, 5.74) is 0. The molecule has 2 aliphatic heterocycles. The average Bonchev–Trinajstić information content (AvgIpc) is 2.60. The first-order chi connectivity index (χ1) is 8.02. The summed E-state index contributed by atoms with van der Waals surface area (Å²) >= 11 is 0. The van der Waals surface area contributed by atoms with E-state index in [9.17, 15) is 4.79 Å². The molecular weight excluding hydrogens is 212 g/mol. The van der Waals surface area contributed by atoms with Gasteiger partial charge in [-0.3, -0.25) is 9.80 Å². The second-order valence-corrected chi connectivity index (χ2v) is 6.23. The second kappa shape index (κ2) is 4.97. The first-order valence-corrected chi connectivity index (χ1v) is 7.10. The van der Waals surface area contributed by atoms with Crippen LogP contribution in [0.3, 0.4) is 0 Å². The molecule has 3 heteroatoms. The van der Waals surface area contributed by atoms with Crippen LogP contribution in [0.25, 0.3) is 0 Å². The third-order valence-electron chi connectivity index (χ3n) is 4.35.